The van der Waals surface area contributed by atoms with Crippen LogP contribution in [-0.2, 0) is 6.54 Å². The minimum absolute atomic E-state index is 0.261. The van der Waals surface area contributed by atoms with E-state index >= 15 is 0 Å². The Morgan fingerprint density at radius 3 is 2.81 bits per heavy atom. The summed E-state index contributed by atoms with van der Waals surface area (Å²) in [6.07, 6.45) is 0. The van der Waals surface area contributed by atoms with Gasteiger partial charge in [0.2, 0.25) is 0 Å². The molecule has 0 radical (unpaired) electrons. The number of aromatic nitrogens is 1. The van der Waals surface area contributed by atoms with Gasteiger partial charge in [-0.15, -0.1) is 11.3 Å². The number of nitrogens with zero attached hydrogens (tertiary/aromatic N) is 1. The van der Waals surface area contributed by atoms with E-state index in [1.54, 1.807) is 30.3 Å². The molecule has 3 rings (SSSR count). The van der Waals surface area contributed by atoms with Gasteiger partial charge in [0, 0.05) is 10.3 Å². The van der Waals surface area contributed by atoms with Gasteiger partial charge in [0.05, 0.1) is 22.0 Å². The quantitative estimate of drug-likeness (QED) is 0.754. The van der Waals surface area contributed by atoms with Crippen LogP contribution in [0, 0.1) is 0 Å². The van der Waals surface area contributed by atoms with Crippen molar-refractivity contribution in [2.45, 2.75) is 6.54 Å². The molecule has 21 heavy (non-hydrogen) atoms. The molecule has 0 spiro atoms. The van der Waals surface area contributed by atoms with E-state index in [2.05, 4.69) is 10.3 Å². The topological polar surface area (TPSA) is 62.2 Å². The summed E-state index contributed by atoms with van der Waals surface area (Å²) in [5.41, 5.74) is 0.917. The molecule has 0 saturated heterocycles. The molecule has 0 fully saturated rings. The lowest BCUT2D eigenvalue weighted by atomic mass is 10.1. The fraction of sp³-hybridized carbons (Fsp3) is 0.0667. The zero-order chi connectivity index (χ0) is 14.8. The number of aromatic carboxylic acids is 1. The average Bonchev–Trinajstić information content (AvgIpc) is 2.89. The summed E-state index contributed by atoms with van der Waals surface area (Å²) >= 11 is 7.40. The highest BCUT2D eigenvalue weighted by molar-refractivity contribution is 7.16. The number of pyridine rings is 1. The molecule has 0 atom stereocenters. The molecule has 2 aromatic heterocycles. The molecular formula is C15H11ClN2O2S. The Balaban J connectivity index is 1.86. The van der Waals surface area contributed by atoms with Gasteiger partial charge < -0.3 is 10.4 Å². The van der Waals surface area contributed by atoms with Gasteiger partial charge >= 0.3 is 5.97 Å². The molecule has 2 heterocycles. The van der Waals surface area contributed by atoms with E-state index in [0.29, 0.717) is 23.3 Å². The summed E-state index contributed by atoms with van der Waals surface area (Å²) in [6, 6.07) is 12.4. The van der Waals surface area contributed by atoms with Crippen LogP contribution in [0.1, 0.15) is 15.2 Å². The summed E-state index contributed by atoms with van der Waals surface area (Å²) in [7, 11) is 0. The number of carboxylic acids is 1. The minimum Gasteiger partial charge on any atom is -0.478 e. The van der Waals surface area contributed by atoms with Gasteiger partial charge in [-0.3, -0.25) is 0 Å². The highest BCUT2D eigenvalue weighted by Crippen LogP contribution is 2.23. The predicted molar refractivity (Wildman–Crippen MR) is 85.4 cm³/mol. The Bertz CT molecular complexity index is 816. The fourth-order valence-corrected chi connectivity index (χ4v) is 3.09. The Morgan fingerprint density at radius 2 is 2.10 bits per heavy atom. The van der Waals surface area contributed by atoms with Gasteiger partial charge in [-0.1, -0.05) is 17.7 Å². The highest BCUT2D eigenvalue weighted by atomic mass is 35.5. The lowest BCUT2D eigenvalue weighted by Gasteiger charge is -2.07. The average molecular weight is 319 g/mol. The van der Waals surface area contributed by atoms with Crippen molar-refractivity contribution in [2.75, 3.05) is 5.32 Å². The molecule has 2 N–H and O–H groups in total. The van der Waals surface area contributed by atoms with Crippen LogP contribution in [0.2, 0.25) is 4.34 Å². The Hall–Kier alpha value is -2.11. The van der Waals surface area contributed by atoms with Gasteiger partial charge in [0.1, 0.15) is 5.82 Å². The fourth-order valence-electron chi connectivity index (χ4n) is 2.06. The predicted octanol–water partition coefficient (Wildman–Crippen LogP) is 4.26. The molecule has 0 saturated carbocycles. The van der Waals surface area contributed by atoms with Crippen LogP contribution >= 0.6 is 22.9 Å². The first-order chi connectivity index (χ1) is 10.1. The van der Waals surface area contributed by atoms with Crippen LogP contribution in [0.4, 0.5) is 5.82 Å². The number of hydrogen-bond acceptors (Lipinski definition) is 4. The molecule has 0 amide bonds. The third-order valence-electron chi connectivity index (χ3n) is 3.03. The number of thiophene rings is 1. The number of fused-ring (bicyclic) bond motifs is 1. The van der Waals surface area contributed by atoms with Gasteiger partial charge in [-0.2, -0.15) is 0 Å². The van der Waals surface area contributed by atoms with E-state index in [1.165, 1.54) is 11.3 Å². The minimum atomic E-state index is -0.948. The summed E-state index contributed by atoms with van der Waals surface area (Å²) < 4.78 is 0.754. The summed E-state index contributed by atoms with van der Waals surface area (Å²) in [6.45, 7) is 0.633. The molecular weight excluding hydrogens is 308 g/mol. The van der Waals surface area contributed by atoms with E-state index in [0.717, 1.165) is 9.21 Å². The monoisotopic (exact) mass is 318 g/mol. The number of anilines is 1. The number of hydrogen-bond donors (Lipinski definition) is 2. The zero-order valence-electron chi connectivity index (χ0n) is 10.8. The SMILES string of the molecule is O=C(O)c1cccc2nc(NCc3ccc(Cl)s3)ccc12. The van der Waals surface area contributed by atoms with Crippen molar-refractivity contribution < 1.29 is 9.90 Å². The molecule has 6 heteroatoms. The molecule has 0 aliphatic rings. The molecule has 106 valence electrons. The molecule has 0 aliphatic carbocycles. The maximum absolute atomic E-state index is 11.2. The van der Waals surface area contributed by atoms with Gasteiger partial charge in [0.25, 0.3) is 0 Å². The largest absolute Gasteiger partial charge is 0.478 e. The lowest BCUT2D eigenvalue weighted by molar-refractivity contribution is 0.0699. The Labute approximate surface area is 130 Å². The van der Waals surface area contributed by atoms with Gasteiger partial charge in [-0.05, 0) is 36.4 Å². The molecule has 0 aliphatic heterocycles. The van der Waals surface area contributed by atoms with Crippen LogP contribution in [0.25, 0.3) is 10.9 Å². The second-order valence-electron chi connectivity index (χ2n) is 4.43. The standard InChI is InChI=1S/C15H11ClN2O2S/c16-13-6-4-9(21-13)8-17-14-7-5-10-11(15(19)20)2-1-3-12(10)18-14/h1-7H,8H2,(H,17,18)(H,19,20). The third-order valence-corrected chi connectivity index (χ3v) is 4.27. The normalized spacial score (nSPS) is 10.7. The van der Waals surface area contributed by atoms with E-state index in [-0.39, 0.29) is 5.56 Å². The van der Waals surface area contributed by atoms with Crippen molar-refractivity contribution >= 4 is 45.6 Å². The smallest absolute Gasteiger partial charge is 0.336 e. The van der Waals surface area contributed by atoms with E-state index < -0.39 is 5.97 Å². The first kappa shape index (κ1) is 13.9. The second-order valence-corrected chi connectivity index (χ2v) is 6.23. The third kappa shape index (κ3) is 2.99. The van der Waals surface area contributed by atoms with E-state index in [9.17, 15) is 4.79 Å². The van der Waals surface area contributed by atoms with Crippen molar-refractivity contribution in [3.05, 3.63) is 57.2 Å². The summed E-state index contributed by atoms with van der Waals surface area (Å²) in [5.74, 6) is -0.245. The number of nitrogens with one attached hydrogen (secondary N) is 1. The number of carboxylic acid groups (broad SMARTS) is 1. The van der Waals surface area contributed by atoms with Crippen molar-refractivity contribution in [1.82, 2.24) is 4.98 Å². The highest BCUT2D eigenvalue weighted by Gasteiger charge is 2.09. The molecule has 0 unspecified atom stereocenters. The maximum atomic E-state index is 11.2. The van der Waals surface area contributed by atoms with E-state index in [4.69, 9.17) is 16.7 Å². The maximum Gasteiger partial charge on any atom is 0.336 e. The molecule has 1 aromatic carbocycles. The summed E-state index contributed by atoms with van der Waals surface area (Å²) in [5, 5.41) is 13.0. The number of halogens is 1. The number of rotatable bonds is 4. The Morgan fingerprint density at radius 1 is 1.24 bits per heavy atom. The molecule has 4 nitrogen and oxygen atoms in total. The number of carbonyl (C=O) groups is 1. The van der Waals surface area contributed by atoms with Gasteiger partial charge in [-0.25, -0.2) is 9.78 Å². The molecule has 3 aromatic rings. The first-order valence-electron chi connectivity index (χ1n) is 6.24. The Kier molecular flexibility index (Phi) is 3.77. The van der Waals surface area contributed by atoms with Crippen LogP contribution in [0.3, 0.4) is 0 Å². The first-order valence-corrected chi connectivity index (χ1v) is 7.44. The molecule has 0 bridgehead atoms. The van der Waals surface area contributed by atoms with E-state index in [1.807, 2.05) is 12.1 Å². The second kappa shape index (κ2) is 5.71. The van der Waals surface area contributed by atoms with Crippen molar-refractivity contribution in [3.8, 4) is 0 Å². The van der Waals surface area contributed by atoms with Crippen LogP contribution in [-0.4, -0.2) is 16.1 Å². The lowest BCUT2D eigenvalue weighted by Crippen LogP contribution is -2.01. The van der Waals surface area contributed by atoms with Crippen LogP contribution in [0.5, 0.6) is 0 Å². The van der Waals surface area contributed by atoms with Crippen molar-refractivity contribution in [1.29, 1.82) is 0 Å². The van der Waals surface area contributed by atoms with Crippen molar-refractivity contribution in [2.24, 2.45) is 0 Å². The van der Waals surface area contributed by atoms with Gasteiger partial charge in [0.15, 0.2) is 0 Å². The van der Waals surface area contributed by atoms with Crippen LogP contribution < -0.4 is 5.32 Å². The number of benzene rings is 1. The summed E-state index contributed by atoms with van der Waals surface area (Å²) in [4.78, 5) is 16.7. The zero-order valence-corrected chi connectivity index (χ0v) is 12.4. The van der Waals surface area contributed by atoms with Crippen molar-refractivity contribution in [3.63, 3.8) is 0 Å². The van der Waals surface area contributed by atoms with Crippen LogP contribution in [0.15, 0.2) is 42.5 Å².